The van der Waals surface area contributed by atoms with Gasteiger partial charge in [0.25, 0.3) is 0 Å². The van der Waals surface area contributed by atoms with Crippen molar-refractivity contribution < 1.29 is 9.84 Å². The quantitative estimate of drug-likeness (QED) is 0.600. The predicted molar refractivity (Wildman–Crippen MR) is 70.3 cm³/mol. The van der Waals surface area contributed by atoms with Gasteiger partial charge >= 0.3 is 0 Å². The number of pyridine rings is 1. The molecule has 0 unspecified atom stereocenters. The lowest BCUT2D eigenvalue weighted by molar-refractivity contribution is 0.0922. The van der Waals surface area contributed by atoms with Crippen molar-refractivity contribution in [2.24, 2.45) is 0 Å². The monoisotopic (exact) mass is 298 g/mol. The van der Waals surface area contributed by atoms with Crippen molar-refractivity contribution in [3.05, 3.63) is 21.3 Å². The smallest absolute Gasteiger partial charge is 0.150 e. The van der Waals surface area contributed by atoms with Gasteiger partial charge in [-0.2, -0.15) is 0 Å². The van der Waals surface area contributed by atoms with Crippen LogP contribution in [0.1, 0.15) is 6.42 Å². The van der Waals surface area contributed by atoms with E-state index < -0.39 is 0 Å². The molecule has 0 aliphatic rings. The summed E-state index contributed by atoms with van der Waals surface area (Å²) in [5.74, 6) is 0.503. The number of nitrogens with zero attached hydrogens (tertiary/aromatic N) is 1. The second-order valence-corrected chi connectivity index (χ2v) is 4.38. The topological polar surface area (TPSA) is 54.4 Å². The Balaban J connectivity index is 2.34. The van der Waals surface area contributed by atoms with Crippen LogP contribution in [0.25, 0.3) is 0 Å². The highest BCUT2D eigenvalue weighted by Gasteiger charge is 2.06. The van der Waals surface area contributed by atoms with Crippen LogP contribution < -0.4 is 5.32 Å². The minimum Gasteiger partial charge on any atom is -0.394 e. The molecule has 0 atom stereocenters. The fourth-order valence-corrected chi connectivity index (χ4v) is 1.68. The van der Waals surface area contributed by atoms with Gasteiger partial charge in [0, 0.05) is 13.2 Å². The van der Waals surface area contributed by atoms with Crippen LogP contribution in [0, 0.1) is 0 Å². The highest BCUT2D eigenvalue weighted by molar-refractivity contribution is 6.42. The summed E-state index contributed by atoms with van der Waals surface area (Å²) in [5, 5.41) is 12.5. The van der Waals surface area contributed by atoms with Gasteiger partial charge in [-0.25, -0.2) is 4.98 Å². The highest BCUT2D eigenvalue weighted by atomic mass is 35.5. The van der Waals surface area contributed by atoms with Crippen LogP contribution in [-0.4, -0.2) is 36.5 Å². The van der Waals surface area contributed by atoms with E-state index in [0.29, 0.717) is 35.6 Å². The molecule has 0 saturated carbocycles. The van der Waals surface area contributed by atoms with Crippen molar-refractivity contribution in [2.45, 2.75) is 6.42 Å². The first-order valence-electron chi connectivity index (χ1n) is 5.09. The number of aliphatic hydroxyl groups is 1. The first kappa shape index (κ1) is 14.8. The first-order chi connectivity index (χ1) is 8.15. The Morgan fingerprint density at radius 2 is 2.00 bits per heavy atom. The third-order valence-corrected chi connectivity index (χ3v) is 2.84. The van der Waals surface area contributed by atoms with E-state index in [-0.39, 0.29) is 11.8 Å². The number of anilines is 1. The molecule has 0 aliphatic carbocycles. The van der Waals surface area contributed by atoms with E-state index in [0.717, 1.165) is 6.42 Å². The van der Waals surface area contributed by atoms with Crippen LogP contribution in [0.5, 0.6) is 0 Å². The van der Waals surface area contributed by atoms with Crippen LogP contribution in [-0.2, 0) is 4.74 Å². The van der Waals surface area contributed by atoms with E-state index in [1.54, 1.807) is 6.07 Å². The minimum absolute atomic E-state index is 0.0353. The maximum Gasteiger partial charge on any atom is 0.150 e. The first-order valence-corrected chi connectivity index (χ1v) is 6.22. The van der Waals surface area contributed by atoms with E-state index in [9.17, 15) is 0 Å². The molecule has 4 nitrogen and oxygen atoms in total. The van der Waals surface area contributed by atoms with Gasteiger partial charge in [0.1, 0.15) is 11.0 Å². The molecule has 0 aromatic carbocycles. The summed E-state index contributed by atoms with van der Waals surface area (Å²) in [6, 6.07) is 1.54. The summed E-state index contributed by atoms with van der Waals surface area (Å²) >= 11 is 17.5. The van der Waals surface area contributed by atoms with E-state index in [1.807, 2.05) is 0 Å². The molecule has 0 fully saturated rings. The number of hydrogen-bond acceptors (Lipinski definition) is 4. The Morgan fingerprint density at radius 1 is 1.24 bits per heavy atom. The van der Waals surface area contributed by atoms with Crippen LogP contribution in [0.15, 0.2) is 6.07 Å². The van der Waals surface area contributed by atoms with Crippen LogP contribution in [0.2, 0.25) is 15.2 Å². The van der Waals surface area contributed by atoms with Crippen molar-refractivity contribution in [2.75, 3.05) is 31.7 Å². The Labute approximate surface area is 115 Å². The number of halogens is 3. The number of rotatable bonds is 7. The van der Waals surface area contributed by atoms with E-state index in [4.69, 9.17) is 44.6 Å². The summed E-state index contributed by atoms with van der Waals surface area (Å²) in [7, 11) is 0. The summed E-state index contributed by atoms with van der Waals surface area (Å²) in [6.07, 6.45) is 0.776. The number of nitrogens with one attached hydrogen (secondary N) is 1. The molecule has 1 aromatic heterocycles. The molecule has 2 N–H and O–H groups in total. The van der Waals surface area contributed by atoms with E-state index in [2.05, 4.69) is 10.3 Å². The Morgan fingerprint density at radius 3 is 2.71 bits per heavy atom. The van der Waals surface area contributed by atoms with Gasteiger partial charge in [-0.05, 0) is 12.5 Å². The number of aromatic nitrogens is 1. The molecule has 0 spiro atoms. The normalized spacial score (nSPS) is 10.6. The zero-order chi connectivity index (χ0) is 12.7. The van der Waals surface area contributed by atoms with Crippen LogP contribution >= 0.6 is 34.8 Å². The third-order valence-electron chi connectivity index (χ3n) is 1.88. The van der Waals surface area contributed by atoms with Gasteiger partial charge in [-0.3, -0.25) is 0 Å². The van der Waals surface area contributed by atoms with E-state index >= 15 is 0 Å². The predicted octanol–water partition coefficient (Wildman–Crippen LogP) is 2.85. The second-order valence-electron chi connectivity index (χ2n) is 3.21. The number of hydrogen-bond donors (Lipinski definition) is 2. The van der Waals surface area contributed by atoms with Crippen LogP contribution in [0.4, 0.5) is 5.82 Å². The Hall–Kier alpha value is -0.260. The van der Waals surface area contributed by atoms with E-state index in [1.165, 1.54) is 0 Å². The van der Waals surface area contributed by atoms with Crippen LogP contribution in [0.3, 0.4) is 0 Å². The average molecular weight is 300 g/mol. The molecule has 1 rings (SSSR count). The average Bonchev–Trinajstić information content (AvgIpc) is 2.30. The highest BCUT2D eigenvalue weighted by Crippen LogP contribution is 2.28. The second kappa shape index (κ2) is 7.95. The molecule has 1 heterocycles. The van der Waals surface area contributed by atoms with Crippen molar-refractivity contribution in [3.8, 4) is 0 Å². The molecule has 0 bridgehead atoms. The molecule has 0 saturated heterocycles. The van der Waals surface area contributed by atoms with Gasteiger partial charge in [0.2, 0.25) is 0 Å². The lowest BCUT2D eigenvalue weighted by Gasteiger charge is -2.08. The van der Waals surface area contributed by atoms with Gasteiger partial charge in [-0.15, -0.1) is 0 Å². The van der Waals surface area contributed by atoms with Gasteiger partial charge in [-0.1, -0.05) is 34.8 Å². The van der Waals surface area contributed by atoms with Gasteiger partial charge in [0.15, 0.2) is 0 Å². The molecular weight excluding hydrogens is 286 g/mol. The molecule has 17 heavy (non-hydrogen) atoms. The van der Waals surface area contributed by atoms with Crippen molar-refractivity contribution in [1.29, 1.82) is 0 Å². The molecule has 0 aliphatic heterocycles. The summed E-state index contributed by atoms with van der Waals surface area (Å²) < 4.78 is 5.10. The van der Waals surface area contributed by atoms with Gasteiger partial charge in [0.05, 0.1) is 23.3 Å². The standard InChI is InChI=1S/C10H13Cl3N2O2/c11-7-6-8(12)10(15-9(7)13)14-2-1-4-17-5-3-16/h6,16H,1-5H2,(H,14,15). The summed E-state index contributed by atoms with van der Waals surface area (Å²) in [4.78, 5) is 4.02. The lowest BCUT2D eigenvalue weighted by atomic mass is 10.4. The fourth-order valence-electron chi connectivity index (χ4n) is 1.12. The van der Waals surface area contributed by atoms with Crippen molar-refractivity contribution in [1.82, 2.24) is 4.98 Å². The molecule has 7 heteroatoms. The third kappa shape index (κ3) is 5.27. The zero-order valence-electron chi connectivity index (χ0n) is 9.05. The lowest BCUT2D eigenvalue weighted by Crippen LogP contribution is -2.08. The van der Waals surface area contributed by atoms with Crippen molar-refractivity contribution >= 4 is 40.6 Å². The maximum atomic E-state index is 8.50. The molecular formula is C10H13Cl3N2O2. The molecule has 0 amide bonds. The number of ether oxygens (including phenoxy) is 1. The minimum atomic E-state index is 0.0353. The largest absolute Gasteiger partial charge is 0.394 e. The van der Waals surface area contributed by atoms with Crippen molar-refractivity contribution in [3.63, 3.8) is 0 Å². The zero-order valence-corrected chi connectivity index (χ0v) is 11.3. The molecule has 1 aromatic rings. The fraction of sp³-hybridized carbons (Fsp3) is 0.500. The summed E-state index contributed by atoms with van der Waals surface area (Å²) in [5.41, 5.74) is 0. The maximum absolute atomic E-state index is 8.50. The Kier molecular flexibility index (Phi) is 6.92. The molecule has 0 radical (unpaired) electrons. The SMILES string of the molecule is OCCOCCCNc1nc(Cl)c(Cl)cc1Cl. The summed E-state index contributed by atoms with van der Waals surface area (Å²) in [6.45, 7) is 1.60. The molecule has 96 valence electrons. The Bertz CT molecular complexity index is 364. The number of aliphatic hydroxyl groups excluding tert-OH is 1. The van der Waals surface area contributed by atoms with Gasteiger partial charge < -0.3 is 15.2 Å².